The summed E-state index contributed by atoms with van der Waals surface area (Å²) in [5, 5.41) is 20.3. The van der Waals surface area contributed by atoms with Gasteiger partial charge in [0, 0.05) is 11.3 Å². The van der Waals surface area contributed by atoms with Gasteiger partial charge in [-0.15, -0.1) is 0 Å². The fraction of sp³-hybridized carbons (Fsp3) is 0.267. The van der Waals surface area contributed by atoms with Crippen LogP contribution in [0.4, 0.5) is 5.69 Å². The van der Waals surface area contributed by atoms with Crippen LogP contribution in [0.25, 0.3) is 0 Å². The molecule has 4 heteroatoms. The van der Waals surface area contributed by atoms with Crippen molar-refractivity contribution in [2.24, 2.45) is 4.99 Å². The van der Waals surface area contributed by atoms with Crippen LogP contribution in [0.1, 0.15) is 25.0 Å². The van der Waals surface area contributed by atoms with E-state index in [0.717, 1.165) is 11.3 Å². The molecule has 2 aromatic rings. The standard InChI is InChI=1S/C15H18N2O2/c1-10(2)16-13-11(3)14(18)17(15(13)19)9-12-7-5-4-6-8-12/h4-8,18-19H,9H2,1-3H3. The molecule has 1 aromatic carbocycles. The monoisotopic (exact) mass is 258 g/mol. The van der Waals surface area contributed by atoms with Crippen molar-refractivity contribution in [3.8, 4) is 11.8 Å². The third kappa shape index (κ3) is 2.62. The van der Waals surface area contributed by atoms with Crippen molar-refractivity contribution in [1.82, 2.24) is 4.57 Å². The zero-order valence-electron chi connectivity index (χ0n) is 11.4. The van der Waals surface area contributed by atoms with E-state index in [-0.39, 0.29) is 11.8 Å². The Morgan fingerprint density at radius 1 is 1.11 bits per heavy atom. The predicted molar refractivity (Wildman–Crippen MR) is 76.5 cm³/mol. The van der Waals surface area contributed by atoms with Gasteiger partial charge in [0.1, 0.15) is 5.69 Å². The molecule has 0 radical (unpaired) electrons. The lowest BCUT2D eigenvalue weighted by atomic mass is 10.2. The lowest BCUT2D eigenvalue weighted by molar-refractivity contribution is 0.376. The number of hydrogen-bond acceptors (Lipinski definition) is 3. The van der Waals surface area contributed by atoms with Crippen LogP contribution in [0.5, 0.6) is 11.8 Å². The number of nitrogens with zero attached hydrogens (tertiary/aromatic N) is 2. The average Bonchev–Trinajstić information content (AvgIpc) is 2.57. The Morgan fingerprint density at radius 3 is 2.32 bits per heavy atom. The number of benzene rings is 1. The highest BCUT2D eigenvalue weighted by Crippen LogP contribution is 2.40. The first-order valence-electron chi connectivity index (χ1n) is 6.17. The molecule has 0 aliphatic heterocycles. The Balaban J connectivity index is 2.45. The number of aromatic hydroxyl groups is 2. The summed E-state index contributed by atoms with van der Waals surface area (Å²) in [6.07, 6.45) is 0. The fourth-order valence-electron chi connectivity index (χ4n) is 1.98. The van der Waals surface area contributed by atoms with E-state index >= 15 is 0 Å². The van der Waals surface area contributed by atoms with Gasteiger partial charge in [-0.3, -0.25) is 9.56 Å². The van der Waals surface area contributed by atoms with Gasteiger partial charge in [0.05, 0.1) is 6.54 Å². The Hall–Kier alpha value is -2.23. The van der Waals surface area contributed by atoms with Gasteiger partial charge in [-0.1, -0.05) is 30.3 Å². The molecule has 0 unspecified atom stereocenters. The molecular weight excluding hydrogens is 240 g/mol. The molecular formula is C15H18N2O2. The van der Waals surface area contributed by atoms with Crippen molar-refractivity contribution in [3.63, 3.8) is 0 Å². The lowest BCUT2D eigenvalue weighted by Gasteiger charge is -2.06. The fourth-order valence-corrected chi connectivity index (χ4v) is 1.98. The minimum absolute atomic E-state index is 0.0000491. The average molecular weight is 258 g/mol. The molecule has 4 nitrogen and oxygen atoms in total. The second kappa shape index (κ2) is 5.18. The maximum absolute atomic E-state index is 10.2. The minimum Gasteiger partial charge on any atom is -0.494 e. The lowest BCUT2D eigenvalue weighted by Crippen LogP contribution is -1.98. The van der Waals surface area contributed by atoms with Gasteiger partial charge < -0.3 is 10.2 Å². The quantitative estimate of drug-likeness (QED) is 0.829. The van der Waals surface area contributed by atoms with Crippen LogP contribution >= 0.6 is 0 Å². The SMILES string of the molecule is CC(C)=Nc1c(C)c(O)n(Cc2ccccc2)c1O. The smallest absolute Gasteiger partial charge is 0.221 e. The van der Waals surface area contributed by atoms with Crippen molar-refractivity contribution in [2.75, 3.05) is 0 Å². The summed E-state index contributed by atoms with van der Waals surface area (Å²) in [7, 11) is 0. The van der Waals surface area contributed by atoms with E-state index in [1.165, 1.54) is 4.57 Å². The summed E-state index contributed by atoms with van der Waals surface area (Å²) in [5.74, 6) is 0.0569. The van der Waals surface area contributed by atoms with Gasteiger partial charge in [0.2, 0.25) is 5.88 Å². The predicted octanol–water partition coefficient (Wildman–Crippen LogP) is 3.37. The Kier molecular flexibility index (Phi) is 3.60. The number of aliphatic imine (C=N–C) groups is 1. The molecule has 2 N–H and O–H groups in total. The normalized spacial score (nSPS) is 10.5. The molecule has 100 valence electrons. The summed E-state index contributed by atoms with van der Waals surface area (Å²) >= 11 is 0. The van der Waals surface area contributed by atoms with Crippen LogP contribution in [-0.2, 0) is 6.54 Å². The van der Waals surface area contributed by atoms with Crippen LogP contribution in [0, 0.1) is 6.92 Å². The number of aromatic nitrogens is 1. The van der Waals surface area contributed by atoms with Crippen molar-refractivity contribution >= 4 is 11.4 Å². The third-order valence-electron chi connectivity index (χ3n) is 2.93. The number of rotatable bonds is 3. The van der Waals surface area contributed by atoms with Crippen molar-refractivity contribution in [3.05, 3.63) is 41.5 Å². The van der Waals surface area contributed by atoms with E-state index in [4.69, 9.17) is 0 Å². The maximum atomic E-state index is 10.2. The van der Waals surface area contributed by atoms with Crippen molar-refractivity contribution in [1.29, 1.82) is 0 Å². The molecule has 0 aliphatic rings. The van der Waals surface area contributed by atoms with Crippen molar-refractivity contribution in [2.45, 2.75) is 27.3 Å². The Morgan fingerprint density at radius 2 is 1.74 bits per heavy atom. The van der Waals surface area contributed by atoms with E-state index in [1.807, 2.05) is 44.2 Å². The molecule has 0 bridgehead atoms. The van der Waals surface area contributed by atoms with Crippen LogP contribution < -0.4 is 0 Å². The minimum atomic E-state index is 0.0000491. The van der Waals surface area contributed by atoms with Gasteiger partial charge in [-0.05, 0) is 26.3 Å². The second-order valence-electron chi connectivity index (χ2n) is 4.75. The molecule has 19 heavy (non-hydrogen) atoms. The zero-order chi connectivity index (χ0) is 14.0. The van der Waals surface area contributed by atoms with E-state index < -0.39 is 0 Å². The number of hydrogen-bond donors (Lipinski definition) is 2. The third-order valence-corrected chi connectivity index (χ3v) is 2.93. The molecule has 0 saturated heterocycles. The molecule has 0 amide bonds. The van der Waals surface area contributed by atoms with Crippen LogP contribution in [0.3, 0.4) is 0 Å². The molecule has 2 rings (SSSR count). The summed E-state index contributed by atoms with van der Waals surface area (Å²) < 4.78 is 1.46. The Labute approximate surface area is 112 Å². The molecule has 0 spiro atoms. The topological polar surface area (TPSA) is 57.8 Å². The highest BCUT2D eigenvalue weighted by Gasteiger charge is 2.19. The van der Waals surface area contributed by atoms with E-state index in [2.05, 4.69) is 4.99 Å². The van der Waals surface area contributed by atoms with E-state index in [0.29, 0.717) is 17.8 Å². The van der Waals surface area contributed by atoms with E-state index in [1.54, 1.807) is 6.92 Å². The van der Waals surface area contributed by atoms with Crippen molar-refractivity contribution < 1.29 is 10.2 Å². The van der Waals surface area contributed by atoms with Gasteiger partial charge in [0.25, 0.3) is 0 Å². The van der Waals surface area contributed by atoms with Gasteiger partial charge in [-0.25, -0.2) is 0 Å². The van der Waals surface area contributed by atoms with Crippen LogP contribution in [0.2, 0.25) is 0 Å². The molecule has 0 fully saturated rings. The molecule has 1 heterocycles. The Bertz CT molecular complexity index is 609. The molecule has 0 atom stereocenters. The first-order valence-corrected chi connectivity index (χ1v) is 6.17. The van der Waals surface area contributed by atoms with Gasteiger partial charge in [-0.2, -0.15) is 0 Å². The molecule has 1 aromatic heterocycles. The summed E-state index contributed by atoms with van der Waals surface area (Å²) in [6.45, 7) is 5.87. The molecule has 0 saturated carbocycles. The summed E-state index contributed by atoms with van der Waals surface area (Å²) in [5.41, 5.74) is 2.87. The summed E-state index contributed by atoms with van der Waals surface area (Å²) in [6, 6.07) is 9.68. The first kappa shape index (κ1) is 13.2. The van der Waals surface area contributed by atoms with Crippen LogP contribution in [-0.4, -0.2) is 20.5 Å². The van der Waals surface area contributed by atoms with Gasteiger partial charge >= 0.3 is 0 Å². The second-order valence-corrected chi connectivity index (χ2v) is 4.75. The first-order chi connectivity index (χ1) is 9.00. The van der Waals surface area contributed by atoms with Gasteiger partial charge in [0.15, 0.2) is 5.88 Å². The summed E-state index contributed by atoms with van der Waals surface area (Å²) in [4.78, 5) is 4.27. The van der Waals surface area contributed by atoms with E-state index in [9.17, 15) is 10.2 Å². The highest BCUT2D eigenvalue weighted by atomic mass is 16.3. The largest absolute Gasteiger partial charge is 0.494 e. The van der Waals surface area contributed by atoms with Crippen LogP contribution in [0.15, 0.2) is 35.3 Å². The highest BCUT2D eigenvalue weighted by molar-refractivity contribution is 5.84. The zero-order valence-corrected chi connectivity index (χ0v) is 11.4. The molecule has 0 aliphatic carbocycles. The maximum Gasteiger partial charge on any atom is 0.221 e.